The van der Waals surface area contributed by atoms with Gasteiger partial charge in [-0.2, -0.15) is 8.42 Å². The molecule has 2 amide bonds. The van der Waals surface area contributed by atoms with Gasteiger partial charge in [-0.05, 0) is 67.3 Å². The van der Waals surface area contributed by atoms with E-state index < -0.39 is 17.9 Å². The molecule has 0 aliphatic carbocycles. The largest absolute Gasteiger partial charge is 0.573 e. The van der Waals surface area contributed by atoms with Gasteiger partial charge in [-0.15, -0.1) is 13.2 Å². The summed E-state index contributed by atoms with van der Waals surface area (Å²) in [6.45, 7) is 7.72. The molecule has 14 heteroatoms. The maximum absolute atomic E-state index is 13.3. The summed E-state index contributed by atoms with van der Waals surface area (Å²) < 4.78 is 64.1. The van der Waals surface area contributed by atoms with Crippen LogP contribution < -0.4 is 10.1 Å². The second-order valence-corrected chi connectivity index (χ2v) is 12.3. The van der Waals surface area contributed by atoms with Gasteiger partial charge in [-0.25, -0.2) is 0 Å². The van der Waals surface area contributed by atoms with Crippen molar-refractivity contribution >= 4 is 34.4 Å². The molecule has 0 bridgehead atoms. The lowest BCUT2D eigenvalue weighted by molar-refractivity contribution is -0.274. The number of hydrogen-bond donors (Lipinski definition) is 1. The molecule has 2 fully saturated rings. The predicted molar refractivity (Wildman–Crippen MR) is 176 cm³/mol. The zero-order chi connectivity index (χ0) is 35.0. The van der Waals surface area contributed by atoms with E-state index in [1.165, 1.54) is 23.3 Å². The number of alkyl halides is 3. The minimum atomic E-state index is -4.73. The third kappa shape index (κ3) is 10.2. The zero-order valence-electron chi connectivity index (χ0n) is 26.9. The Morgan fingerprint density at radius 2 is 1.51 bits per heavy atom. The Labute approximate surface area is 285 Å². The highest BCUT2D eigenvalue weighted by Crippen LogP contribution is 2.25. The number of nitrogens with zero attached hydrogens (tertiary/aromatic N) is 3. The van der Waals surface area contributed by atoms with Crippen molar-refractivity contribution in [3.05, 3.63) is 101 Å². The second-order valence-electron chi connectivity index (χ2n) is 12.2. The van der Waals surface area contributed by atoms with Gasteiger partial charge >= 0.3 is 17.9 Å². The molecule has 2 aliphatic heterocycles. The van der Waals surface area contributed by atoms with Gasteiger partial charge in [0.15, 0.2) is 5.76 Å². The molecule has 6 rings (SSSR count). The molecule has 3 heterocycles. The van der Waals surface area contributed by atoms with Gasteiger partial charge in [0, 0.05) is 69.3 Å². The van der Waals surface area contributed by atoms with Crippen LogP contribution in [0.2, 0.25) is 0 Å². The van der Waals surface area contributed by atoms with Crippen molar-refractivity contribution in [2.24, 2.45) is 0 Å². The Morgan fingerprint density at radius 1 is 0.857 bits per heavy atom. The van der Waals surface area contributed by atoms with Crippen LogP contribution in [0.3, 0.4) is 0 Å². The molecule has 260 valence electrons. The summed E-state index contributed by atoms with van der Waals surface area (Å²) >= 11 is -0.750. The van der Waals surface area contributed by atoms with Crippen molar-refractivity contribution in [3.63, 3.8) is 0 Å². The lowest BCUT2D eigenvalue weighted by atomic mass is 10.0. The average Bonchev–Trinajstić information content (AvgIpc) is 3.51. The monoisotopic (exact) mass is 698 g/mol. The fraction of sp³-hybridized carbons (Fsp3) is 0.371. The summed E-state index contributed by atoms with van der Waals surface area (Å²) in [4.78, 5) is 32.7. The molecular formula is C35H37F3N4O6S. The van der Waals surface area contributed by atoms with E-state index in [4.69, 9.17) is 12.8 Å². The first-order valence-electron chi connectivity index (χ1n) is 15.9. The summed E-state index contributed by atoms with van der Waals surface area (Å²) in [6.07, 6.45) is -3.34. The number of likely N-dealkylation sites (tertiary alicyclic amines) is 1. The highest BCUT2D eigenvalue weighted by Gasteiger charge is 2.31. The Balaban J connectivity index is 0.00000151. The summed E-state index contributed by atoms with van der Waals surface area (Å²) in [5.41, 5.74) is 4.34. The van der Waals surface area contributed by atoms with Crippen LogP contribution in [0, 0.1) is 6.92 Å². The molecule has 0 spiro atoms. The van der Waals surface area contributed by atoms with Crippen molar-refractivity contribution in [1.82, 2.24) is 20.0 Å². The van der Waals surface area contributed by atoms with Crippen molar-refractivity contribution in [3.8, 4) is 5.75 Å². The first kappa shape index (κ1) is 35.8. The van der Waals surface area contributed by atoms with Gasteiger partial charge in [-0.1, -0.05) is 42.0 Å². The summed E-state index contributed by atoms with van der Waals surface area (Å²) in [5, 5.41) is 3.74. The second kappa shape index (κ2) is 16.2. The fourth-order valence-electron chi connectivity index (χ4n) is 6.12. The average molecular weight is 699 g/mol. The number of amides is 2. The molecule has 2 saturated heterocycles. The molecule has 1 aromatic heterocycles. The molecular weight excluding hydrogens is 661 g/mol. The molecule has 10 nitrogen and oxygen atoms in total. The Bertz CT molecular complexity index is 1780. The van der Waals surface area contributed by atoms with Crippen LogP contribution in [0.4, 0.5) is 13.2 Å². The molecule has 3 aromatic carbocycles. The molecule has 0 atom stereocenters. The third-order valence-corrected chi connectivity index (χ3v) is 8.63. The number of piperazine rings is 1. The maximum Gasteiger partial charge on any atom is 0.573 e. The topological polar surface area (TPSA) is 112 Å². The normalized spacial score (nSPS) is 16.1. The van der Waals surface area contributed by atoms with E-state index in [1.54, 1.807) is 36.4 Å². The van der Waals surface area contributed by atoms with E-state index in [-0.39, 0.29) is 29.4 Å². The van der Waals surface area contributed by atoms with Crippen LogP contribution in [0.5, 0.6) is 5.75 Å². The van der Waals surface area contributed by atoms with Gasteiger partial charge in [0.1, 0.15) is 11.3 Å². The van der Waals surface area contributed by atoms with E-state index >= 15 is 0 Å². The minimum absolute atomic E-state index is 0.0320. The van der Waals surface area contributed by atoms with Crippen LogP contribution >= 0.6 is 0 Å². The van der Waals surface area contributed by atoms with Gasteiger partial charge < -0.3 is 19.4 Å². The minimum Gasteiger partial charge on any atom is -0.451 e. The van der Waals surface area contributed by atoms with Gasteiger partial charge in [-0.3, -0.25) is 19.4 Å². The van der Waals surface area contributed by atoms with Crippen molar-refractivity contribution in [2.75, 3.05) is 39.3 Å². The molecule has 0 unspecified atom stereocenters. The number of halogens is 3. The van der Waals surface area contributed by atoms with E-state index in [1.807, 2.05) is 4.90 Å². The van der Waals surface area contributed by atoms with E-state index in [0.29, 0.717) is 62.1 Å². The summed E-state index contributed by atoms with van der Waals surface area (Å²) in [7, 11) is 0. The molecule has 0 saturated carbocycles. The van der Waals surface area contributed by atoms with E-state index in [9.17, 15) is 22.8 Å². The van der Waals surface area contributed by atoms with Gasteiger partial charge in [0.05, 0.1) is 0 Å². The standard InChI is InChI=1S/C35H37F3N4O4.O2S/c1-24-5-7-25(8-6-24)22-41-15-17-42(18-16-41)34(44)27-9-10-31-28(20-27)21-32(45-31)33(43)39-29-11-13-40(14-12-29)23-26-3-2-4-30(19-26)46-35(36,37)38;1-3-2/h2-10,19-21,29H,11-18,22-23H2,1H3,(H,39,43);. The number of piperidine rings is 1. The van der Waals surface area contributed by atoms with Crippen LogP contribution in [0.1, 0.15) is 50.4 Å². The fourth-order valence-corrected chi connectivity index (χ4v) is 6.12. The van der Waals surface area contributed by atoms with Gasteiger partial charge in [0.25, 0.3) is 11.8 Å². The first-order chi connectivity index (χ1) is 23.5. The first-order valence-corrected chi connectivity index (χ1v) is 16.6. The Morgan fingerprint density at radius 3 is 2.18 bits per heavy atom. The number of aryl methyl sites for hydroxylation is 1. The number of furan rings is 1. The lowest BCUT2D eigenvalue weighted by Crippen LogP contribution is -2.48. The van der Waals surface area contributed by atoms with E-state index in [0.717, 1.165) is 25.2 Å². The number of carbonyl (C=O) groups is 2. The number of carbonyl (C=O) groups excluding carboxylic acids is 2. The van der Waals surface area contributed by atoms with Crippen LogP contribution in [-0.4, -0.2) is 86.6 Å². The Hall–Kier alpha value is -4.53. The van der Waals surface area contributed by atoms with Gasteiger partial charge in [0.2, 0.25) is 0 Å². The number of ether oxygens (including phenoxy) is 1. The quantitative estimate of drug-likeness (QED) is 0.263. The van der Waals surface area contributed by atoms with Crippen LogP contribution in [0.25, 0.3) is 11.0 Å². The van der Waals surface area contributed by atoms with E-state index in [2.05, 4.69) is 51.0 Å². The molecule has 0 radical (unpaired) electrons. The summed E-state index contributed by atoms with van der Waals surface area (Å²) in [6, 6.07) is 21.4. The Kier molecular flexibility index (Phi) is 11.9. The smallest absolute Gasteiger partial charge is 0.451 e. The molecule has 2 aliphatic rings. The van der Waals surface area contributed by atoms with Crippen molar-refractivity contribution in [2.45, 2.75) is 45.3 Å². The number of hydrogen-bond acceptors (Lipinski definition) is 8. The highest BCUT2D eigenvalue weighted by molar-refractivity contribution is 7.51. The van der Waals surface area contributed by atoms with Crippen molar-refractivity contribution in [1.29, 1.82) is 0 Å². The maximum atomic E-state index is 13.3. The SMILES string of the molecule is Cc1ccc(CN2CCN(C(=O)c3ccc4oc(C(=O)NC5CCN(Cc6cccc(OC(F)(F)F)c6)CC5)cc4c3)CC2)cc1.O=S=O. The van der Waals surface area contributed by atoms with Crippen molar-refractivity contribution < 1.29 is 40.3 Å². The predicted octanol–water partition coefficient (Wildman–Crippen LogP) is 5.32. The summed E-state index contributed by atoms with van der Waals surface area (Å²) in [5.74, 6) is -0.394. The van der Waals surface area contributed by atoms with Crippen LogP contribution in [0.15, 0.2) is 77.2 Å². The third-order valence-electron chi connectivity index (χ3n) is 8.63. The number of rotatable bonds is 8. The number of fused-ring (bicyclic) bond motifs is 1. The number of nitrogens with one attached hydrogen (secondary N) is 1. The molecule has 1 N–H and O–H groups in total. The highest BCUT2D eigenvalue weighted by atomic mass is 32.1. The lowest BCUT2D eigenvalue weighted by Gasteiger charge is -2.34. The molecule has 49 heavy (non-hydrogen) atoms. The van der Waals surface area contributed by atoms with Crippen LogP contribution in [-0.2, 0) is 24.7 Å². The zero-order valence-corrected chi connectivity index (χ0v) is 27.7. The molecule has 4 aromatic rings. The number of benzene rings is 3.